The van der Waals surface area contributed by atoms with E-state index in [1.54, 1.807) is 0 Å². The minimum atomic E-state index is 0.516. The standard InChI is InChI=1S/C12H23N/c1-9-4-2-7-11(9)12(13)8-10-5-3-6-10/h9-12H,2-8,13H2,1H3. The molecule has 13 heavy (non-hydrogen) atoms. The predicted molar refractivity (Wildman–Crippen MR) is 56.4 cm³/mol. The first-order valence-corrected chi connectivity index (χ1v) is 6.03. The van der Waals surface area contributed by atoms with Crippen LogP contribution in [0.2, 0.25) is 0 Å². The van der Waals surface area contributed by atoms with E-state index in [9.17, 15) is 0 Å². The van der Waals surface area contributed by atoms with Crippen molar-refractivity contribution in [3.05, 3.63) is 0 Å². The van der Waals surface area contributed by atoms with Crippen molar-refractivity contribution >= 4 is 0 Å². The second kappa shape index (κ2) is 4.00. The van der Waals surface area contributed by atoms with Gasteiger partial charge in [0.2, 0.25) is 0 Å². The van der Waals surface area contributed by atoms with Gasteiger partial charge < -0.3 is 5.73 Å². The molecule has 2 aliphatic carbocycles. The van der Waals surface area contributed by atoms with Crippen molar-refractivity contribution in [1.82, 2.24) is 0 Å². The monoisotopic (exact) mass is 181 g/mol. The van der Waals surface area contributed by atoms with Crippen LogP contribution in [0, 0.1) is 17.8 Å². The molecule has 0 aliphatic heterocycles. The van der Waals surface area contributed by atoms with Crippen molar-refractivity contribution in [1.29, 1.82) is 0 Å². The van der Waals surface area contributed by atoms with Crippen molar-refractivity contribution in [2.45, 2.75) is 57.9 Å². The largest absolute Gasteiger partial charge is 0.327 e. The molecule has 3 unspecified atom stereocenters. The van der Waals surface area contributed by atoms with Crippen molar-refractivity contribution < 1.29 is 0 Å². The van der Waals surface area contributed by atoms with Crippen LogP contribution in [0.4, 0.5) is 0 Å². The average molecular weight is 181 g/mol. The first-order chi connectivity index (χ1) is 6.27. The molecular weight excluding hydrogens is 158 g/mol. The molecule has 0 amide bonds. The Kier molecular flexibility index (Phi) is 2.92. The fourth-order valence-corrected chi connectivity index (χ4v) is 3.10. The maximum atomic E-state index is 6.28. The Morgan fingerprint density at radius 3 is 2.31 bits per heavy atom. The summed E-state index contributed by atoms with van der Waals surface area (Å²) in [5.74, 6) is 2.73. The molecule has 0 bridgehead atoms. The van der Waals surface area contributed by atoms with Crippen molar-refractivity contribution in [2.75, 3.05) is 0 Å². The Morgan fingerprint density at radius 2 is 1.85 bits per heavy atom. The van der Waals surface area contributed by atoms with E-state index in [-0.39, 0.29) is 0 Å². The molecule has 2 rings (SSSR count). The van der Waals surface area contributed by atoms with Gasteiger partial charge >= 0.3 is 0 Å². The van der Waals surface area contributed by atoms with Gasteiger partial charge in [0.1, 0.15) is 0 Å². The molecule has 2 saturated carbocycles. The van der Waals surface area contributed by atoms with Gasteiger partial charge in [-0.05, 0) is 30.6 Å². The van der Waals surface area contributed by atoms with Gasteiger partial charge in [0.25, 0.3) is 0 Å². The van der Waals surface area contributed by atoms with E-state index in [1.165, 1.54) is 44.9 Å². The number of nitrogens with two attached hydrogens (primary N) is 1. The maximum Gasteiger partial charge on any atom is 0.00723 e. The van der Waals surface area contributed by atoms with Gasteiger partial charge in [0, 0.05) is 6.04 Å². The summed E-state index contributed by atoms with van der Waals surface area (Å²) in [5.41, 5.74) is 6.28. The third kappa shape index (κ3) is 2.07. The Balaban J connectivity index is 1.77. The second-order valence-corrected chi connectivity index (χ2v) is 5.27. The molecule has 76 valence electrons. The van der Waals surface area contributed by atoms with Gasteiger partial charge in [-0.25, -0.2) is 0 Å². The molecule has 2 fully saturated rings. The molecule has 3 atom stereocenters. The van der Waals surface area contributed by atoms with E-state index in [1.807, 2.05) is 0 Å². The highest BCUT2D eigenvalue weighted by molar-refractivity contribution is 4.85. The van der Waals surface area contributed by atoms with Gasteiger partial charge in [0.15, 0.2) is 0 Å². The topological polar surface area (TPSA) is 26.0 Å². The molecule has 1 heteroatoms. The van der Waals surface area contributed by atoms with Crippen LogP contribution in [0.5, 0.6) is 0 Å². The molecule has 2 aliphatic rings. The fourth-order valence-electron chi connectivity index (χ4n) is 3.10. The molecular formula is C12H23N. The van der Waals surface area contributed by atoms with Crippen molar-refractivity contribution in [2.24, 2.45) is 23.5 Å². The van der Waals surface area contributed by atoms with Crippen LogP contribution in [-0.2, 0) is 0 Å². The SMILES string of the molecule is CC1CCCC1C(N)CC1CCC1. The number of hydrogen-bond acceptors (Lipinski definition) is 1. The molecule has 0 radical (unpaired) electrons. The average Bonchev–Trinajstić information content (AvgIpc) is 2.43. The van der Waals surface area contributed by atoms with Crippen LogP contribution in [0.15, 0.2) is 0 Å². The summed E-state index contributed by atoms with van der Waals surface area (Å²) in [6.45, 7) is 2.39. The van der Waals surface area contributed by atoms with E-state index < -0.39 is 0 Å². The molecule has 0 aromatic rings. The van der Waals surface area contributed by atoms with E-state index in [0.717, 1.165) is 17.8 Å². The highest BCUT2D eigenvalue weighted by Gasteiger charge is 2.31. The zero-order chi connectivity index (χ0) is 9.26. The highest BCUT2D eigenvalue weighted by atomic mass is 14.7. The van der Waals surface area contributed by atoms with Gasteiger partial charge in [-0.3, -0.25) is 0 Å². The summed E-state index contributed by atoms with van der Waals surface area (Å²) < 4.78 is 0. The Morgan fingerprint density at radius 1 is 1.15 bits per heavy atom. The summed E-state index contributed by atoms with van der Waals surface area (Å²) >= 11 is 0. The molecule has 0 aromatic heterocycles. The molecule has 0 saturated heterocycles. The second-order valence-electron chi connectivity index (χ2n) is 5.27. The van der Waals surface area contributed by atoms with E-state index in [2.05, 4.69) is 6.92 Å². The predicted octanol–water partition coefficient (Wildman–Crippen LogP) is 2.94. The number of rotatable bonds is 3. The lowest BCUT2D eigenvalue weighted by Crippen LogP contribution is -2.35. The summed E-state index contributed by atoms with van der Waals surface area (Å²) in [7, 11) is 0. The third-order valence-corrected chi connectivity index (χ3v) is 4.31. The minimum Gasteiger partial charge on any atom is -0.327 e. The zero-order valence-corrected chi connectivity index (χ0v) is 8.84. The molecule has 0 heterocycles. The van der Waals surface area contributed by atoms with Gasteiger partial charge in [-0.2, -0.15) is 0 Å². The molecule has 2 N–H and O–H groups in total. The van der Waals surface area contributed by atoms with Crippen LogP contribution in [0.3, 0.4) is 0 Å². The number of hydrogen-bond donors (Lipinski definition) is 1. The van der Waals surface area contributed by atoms with Crippen LogP contribution in [0.25, 0.3) is 0 Å². The summed E-state index contributed by atoms with van der Waals surface area (Å²) in [6, 6.07) is 0.516. The van der Waals surface area contributed by atoms with E-state index >= 15 is 0 Å². The van der Waals surface area contributed by atoms with Gasteiger partial charge in [-0.15, -0.1) is 0 Å². The van der Waals surface area contributed by atoms with Gasteiger partial charge in [0.05, 0.1) is 0 Å². The lowest BCUT2D eigenvalue weighted by molar-refractivity contribution is 0.228. The Bertz CT molecular complexity index is 163. The van der Waals surface area contributed by atoms with Crippen LogP contribution in [-0.4, -0.2) is 6.04 Å². The first-order valence-electron chi connectivity index (χ1n) is 6.03. The summed E-state index contributed by atoms with van der Waals surface area (Å²) in [6.07, 6.45) is 9.92. The lowest BCUT2D eigenvalue weighted by Gasteiger charge is -2.32. The normalized spacial score (nSPS) is 37.4. The lowest BCUT2D eigenvalue weighted by atomic mass is 9.77. The first kappa shape index (κ1) is 9.51. The smallest absolute Gasteiger partial charge is 0.00723 e. The fraction of sp³-hybridized carbons (Fsp3) is 1.00. The highest BCUT2D eigenvalue weighted by Crippen LogP contribution is 2.38. The van der Waals surface area contributed by atoms with Crippen LogP contribution >= 0.6 is 0 Å². The molecule has 0 aromatic carbocycles. The van der Waals surface area contributed by atoms with Crippen molar-refractivity contribution in [3.63, 3.8) is 0 Å². The van der Waals surface area contributed by atoms with Crippen molar-refractivity contribution in [3.8, 4) is 0 Å². The Labute approximate surface area is 82.1 Å². The maximum absolute atomic E-state index is 6.28. The van der Waals surface area contributed by atoms with Gasteiger partial charge in [-0.1, -0.05) is 39.0 Å². The quantitative estimate of drug-likeness (QED) is 0.711. The minimum absolute atomic E-state index is 0.516. The summed E-state index contributed by atoms with van der Waals surface area (Å²) in [5, 5.41) is 0. The van der Waals surface area contributed by atoms with Crippen LogP contribution < -0.4 is 5.73 Å². The van der Waals surface area contributed by atoms with E-state index in [0.29, 0.717) is 6.04 Å². The van der Waals surface area contributed by atoms with E-state index in [4.69, 9.17) is 5.73 Å². The molecule has 0 spiro atoms. The molecule has 1 nitrogen and oxygen atoms in total. The Hall–Kier alpha value is -0.0400. The zero-order valence-electron chi connectivity index (χ0n) is 8.84. The van der Waals surface area contributed by atoms with Crippen LogP contribution in [0.1, 0.15) is 51.9 Å². The summed E-state index contributed by atoms with van der Waals surface area (Å²) in [4.78, 5) is 0. The third-order valence-electron chi connectivity index (χ3n) is 4.31.